The maximum atomic E-state index is 13.3. The molecule has 13 heteroatoms. The fraction of sp³-hybridized carbons (Fsp3) is 0.407. The summed E-state index contributed by atoms with van der Waals surface area (Å²) in [6.45, 7) is 4.09. The minimum Gasteiger partial charge on any atom is -0.481 e. The minimum absolute atomic E-state index is 0.0791. The summed E-state index contributed by atoms with van der Waals surface area (Å²) in [5.74, 6) is 3.19. The monoisotopic (exact) mass is 553 g/mol. The van der Waals surface area contributed by atoms with E-state index in [0.29, 0.717) is 5.56 Å². The number of carboxylic acid groups (broad SMARTS) is 1. The Morgan fingerprint density at radius 1 is 1.10 bits per heavy atom. The second-order valence-electron chi connectivity index (χ2n) is 8.76. The van der Waals surface area contributed by atoms with Gasteiger partial charge in [-0.1, -0.05) is 36.3 Å². The summed E-state index contributed by atoms with van der Waals surface area (Å²) in [5, 5.41) is 22.7. The number of ether oxygens (including phenoxy) is 1. The van der Waals surface area contributed by atoms with Gasteiger partial charge in [-0.05, 0) is 26.2 Å². The maximum absolute atomic E-state index is 13.3. The van der Waals surface area contributed by atoms with Crippen molar-refractivity contribution in [1.29, 1.82) is 0 Å². The van der Waals surface area contributed by atoms with E-state index in [-0.39, 0.29) is 62.8 Å². The van der Waals surface area contributed by atoms with Crippen molar-refractivity contribution in [2.24, 2.45) is 0 Å². The van der Waals surface area contributed by atoms with Gasteiger partial charge in [0.2, 0.25) is 5.91 Å². The summed E-state index contributed by atoms with van der Waals surface area (Å²) >= 11 is 0. The number of hydrogen-bond acceptors (Lipinski definition) is 10. The molecule has 2 amide bonds. The van der Waals surface area contributed by atoms with Crippen molar-refractivity contribution in [2.45, 2.75) is 38.8 Å². The Labute approximate surface area is 231 Å². The van der Waals surface area contributed by atoms with Crippen LogP contribution in [0.5, 0.6) is 0 Å². The maximum Gasteiger partial charge on any atom is 0.527 e. The number of aromatic nitrogens is 2. The van der Waals surface area contributed by atoms with Gasteiger partial charge >= 0.3 is 12.1 Å². The van der Waals surface area contributed by atoms with E-state index in [1.165, 1.54) is 23.0 Å². The Balaban J connectivity index is 1.79. The van der Waals surface area contributed by atoms with E-state index in [0.717, 1.165) is 0 Å². The predicted molar refractivity (Wildman–Crippen MR) is 140 cm³/mol. The molecule has 0 spiro atoms. The molecule has 1 fully saturated rings. The summed E-state index contributed by atoms with van der Waals surface area (Å²) in [7, 11) is 0. The Morgan fingerprint density at radius 2 is 1.80 bits per heavy atom. The second kappa shape index (κ2) is 14.6. The molecule has 0 saturated carbocycles. The highest BCUT2D eigenvalue weighted by molar-refractivity contribution is 5.96. The molecule has 3 N–H and O–H groups in total. The fourth-order valence-electron chi connectivity index (χ4n) is 3.75. The van der Waals surface area contributed by atoms with Gasteiger partial charge in [0.05, 0.1) is 19.7 Å². The van der Waals surface area contributed by atoms with E-state index in [9.17, 15) is 29.4 Å². The third-order valence-electron chi connectivity index (χ3n) is 5.67. The lowest BCUT2D eigenvalue weighted by Gasteiger charge is -2.35. The van der Waals surface area contributed by atoms with E-state index in [2.05, 4.69) is 27.1 Å². The molecule has 1 aliphatic heterocycles. The van der Waals surface area contributed by atoms with Gasteiger partial charge < -0.3 is 30.0 Å². The molecule has 40 heavy (non-hydrogen) atoms. The smallest absolute Gasteiger partial charge is 0.481 e. The number of amides is 2. The van der Waals surface area contributed by atoms with Crippen molar-refractivity contribution >= 4 is 23.9 Å². The van der Waals surface area contributed by atoms with Gasteiger partial charge in [-0.15, -0.1) is 5.06 Å². The molecule has 1 aliphatic rings. The van der Waals surface area contributed by atoms with Crippen LogP contribution in [0.2, 0.25) is 0 Å². The van der Waals surface area contributed by atoms with Crippen molar-refractivity contribution in [1.82, 2.24) is 25.2 Å². The number of benzene rings is 1. The summed E-state index contributed by atoms with van der Waals surface area (Å²) in [5.41, 5.74) is 0.731. The number of hydrogen-bond donors (Lipinski definition) is 3. The van der Waals surface area contributed by atoms with E-state index in [1.54, 1.807) is 31.2 Å². The summed E-state index contributed by atoms with van der Waals surface area (Å²) in [4.78, 5) is 64.7. The molecule has 1 aromatic heterocycles. The molecule has 2 atom stereocenters. The Morgan fingerprint density at radius 3 is 2.42 bits per heavy atom. The van der Waals surface area contributed by atoms with Gasteiger partial charge in [0.1, 0.15) is 23.5 Å². The Kier molecular flexibility index (Phi) is 10.9. The molecule has 2 heterocycles. The quantitative estimate of drug-likeness (QED) is 0.300. The van der Waals surface area contributed by atoms with Crippen LogP contribution in [0.4, 0.5) is 4.79 Å². The molecule has 1 saturated heterocycles. The average molecular weight is 554 g/mol. The topological polar surface area (TPSA) is 171 Å². The van der Waals surface area contributed by atoms with Gasteiger partial charge in [-0.25, -0.2) is 14.8 Å². The van der Waals surface area contributed by atoms with E-state index in [4.69, 9.17) is 9.57 Å². The molecule has 0 radical (unpaired) electrons. The average Bonchev–Trinajstić information content (AvgIpc) is 2.94. The molecular formula is C27H31N5O8. The zero-order valence-electron chi connectivity index (χ0n) is 22.2. The molecule has 212 valence electrons. The predicted octanol–water partition coefficient (Wildman–Crippen LogP) is 1.07. The highest BCUT2D eigenvalue weighted by Crippen LogP contribution is 2.16. The first-order chi connectivity index (χ1) is 19.2. The number of aliphatic carboxylic acids is 1. The number of carbonyl (C=O) groups is 4. The van der Waals surface area contributed by atoms with Crippen molar-refractivity contribution in [2.75, 3.05) is 32.8 Å². The van der Waals surface area contributed by atoms with Crippen molar-refractivity contribution in [3.63, 3.8) is 0 Å². The lowest BCUT2D eigenvalue weighted by atomic mass is 10.1. The number of aliphatic hydroxyl groups excluding tert-OH is 1. The van der Waals surface area contributed by atoms with Crippen molar-refractivity contribution < 1.29 is 39.0 Å². The molecule has 2 aromatic rings. The largest absolute Gasteiger partial charge is 0.527 e. The Hall–Kier alpha value is -4.54. The Bertz CT molecular complexity index is 1270. The number of nitrogens with one attached hydrogen (secondary N) is 1. The molecule has 0 bridgehead atoms. The van der Waals surface area contributed by atoms with Gasteiger partial charge in [0.25, 0.3) is 5.91 Å². The molecule has 0 aliphatic carbocycles. The lowest BCUT2D eigenvalue weighted by Crippen LogP contribution is -2.55. The molecule has 3 rings (SSSR count). The number of carbonyl (C=O) groups excluding carboxylic acids is 3. The number of aliphatic hydroxyl groups is 1. The zero-order chi connectivity index (χ0) is 29.1. The van der Waals surface area contributed by atoms with Crippen LogP contribution in [-0.4, -0.2) is 99.0 Å². The third kappa shape index (κ3) is 9.04. The van der Waals surface area contributed by atoms with E-state index in [1.807, 2.05) is 6.07 Å². The number of hydroxylamine groups is 2. The molecule has 1 unspecified atom stereocenters. The van der Waals surface area contributed by atoms with Crippen LogP contribution >= 0.6 is 0 Å². The summed E-state index contributed by atoms with van der Waals surface area (Å²) in [6, 6.07) is 9.08. The van der Waals surface area contributed by atoms with Gasteiger partial charge in [0, 0.05) is 31.1 Å². The normalized spacial score (nSPS) is 14.7. The van der Waals surface area contributed by atoms with Gasteiger partial charge in [-0.2, -0.15) is 0 Å². The lowest BCUT2D eigenvalue weighted by molar-refractivity contribution is -0.157. The highest BCUT2D eigenvalue weighted by atomic mass is 16.8. The highest BCUT2D eigenvalue weighted by Gasteiger charge is 2.31. The van der Waals surface area contributed by atoms with Crippen LogP contribution in [0.3, 0.4) is 0 Å². The van der Waals surface area contributed by atoms with Crippen LogP contribution in [0, 0.1) is 11.8 Å². The molecular weight excluding hydrogens is 522 g/mol. The number of piperazine rings is 1. The molecule has 1 aromatic carbocycles. The zero-order valence-corrected chi connectivity index (χ0v) is 22.2. The van der Waals surface area contributed by atoms with E-state index >= 15 is 0 Å². The van der Waals surface area contributed by atoms with Crippen LogP contribution in [0.15, 0.2) is 36.4 Å². The standard InChI is InChI=1S/C27H31N5O8/c1-3-39-27(38)40-32-15-13-31(14-16-32)26(37)21(11-12-23(34)35)30-25(36)22-17-20(10-9-18(2)33)28-24(29-22)19-7-5-4-6-8-19/h4-8,17-18,21,33H,3,11-16H2,1-2H3,(H,30,36)(H,34,35)/t18-,21?/m0/s1. The molecule has 13 nitrogen and oxygen atoms in total. The number of rotatable bonds is 9. The summed E-state index contributed by atoms with van der Waals surface area (Å²) < 4.78 is 4.75. The minimum atomic E-state index is -1.15. The van der Waals surface area contributed by atoms with Crippen LogP contribution in [0.25, 0.3) is 11.4 Å². The second-order valence-corrected chi connectivity index (χ2v) is 8.76. The van der Waals surface area contributed by atoms with Crippen LogP contribution in [-0.2, 0) is 19.2 Å². The first-order valence-corrected chi connectivity index (χ1v) is 12.7. The number of carboxylic acids is 1. The fourth-order valence-corrected chi connectivity index (χ4v) is 3.75. The summed E-state index contributed by atoms with van der Waals surface area (Å²) in [6.07, 6.45) is -2.27. The SMILES string of the molecule is CCOC(=O)ON1CCN(C(=O)C(CCC(=O)O)NC(=O)c2cc(C#C[C@H](C)O)nc(-c3ccccc3)n2)CC1. The van der Waals surface area contributed by atoms with Gasteiger partial charge in [0.15, 0.2) is 5.82 Å². The van der Waals surface area contributed by atoms with Crippen molar-refractivity contribution in [3.05, 3.63) is 47.8 Å². The third-order valence-corrected chi connectivity index (χ3v) is 5.67. The van der Waals surface area contributed by atoms with Crippen LogP contribution in [0.1, 0.15) is 42.9 Å². The van der Waals surface area contributed by atoms with Crippen LogP contribution < -0.4 is 5.32 Å². The van der Waals surface area contributed by atoms with E-state index < -0.39 is 36.1 Å². The van der Waals surface area contributed by atoms with Gasteiger partial charge in [-0.3, -0.25) is 14.4 Å². The number of nitrogens with zero attached hydrogens (tertiary/aromatic N) is 4. The first kappa shape index (κ1) is 30.0. The van der Waals surface area contributed by atoms with Crippen molar-refractivity contribution in [3.8, 4) is 23.2 Å². The first-order valence-electron chi connectivity index (χ1n) is 12.7.